The van der Waals surface area contributed by atoms with E-state index >= 15 is 0 Å². The van der Waals surface area contributed by atoms with Crippen LogP contribution in [0.15, 0.2) is 22.0 Å². The van der Waals surface area contributed by atoms with E-state index in [4.69, 9.17) is 4.52 Å². The second-order valence-corrected chi connectivity index (χ2v) is 7.75. The monoisotopic (exact) mass is 433 g/mol. The zero-order chi connectivity index (χ0) is 17.2. The number of piperazine rings is 1. The Kier molecular flexibility index (Phi) is 8.05. The third-order valence-electron chi connectivity index (χ3n) is 5.16. The average molecular weight is 434 g/mol. The van der Waals surface area contributed by atoms with Crippen LogP contribution >= 0.6 is 36.2 Å². The van der Waals surface area contributed by atoms with Crippen LogP contribution in [-0.4, -0.2) is 65.1 Å². The normalized spacial score (nSPS) is 18.9. The van der Waals surface area contributed by atoms with Crippen molar-refractivity contribution >= 4 is 42.1 Å². The fraction of sp³-hybridized carbons (Fsp3) is 0.588. The molecule has 4 rings (SSSR count). The van der Waals surface area contributed by atoms with Crippen LogP contribution in [0.2, 0.25) is 0 Å². The maximum Gasteiger partial charge on any atom is 0.241 e. The predicted octanol–water partition coefficient (Wildman–Crippen LogP) is 2.14. The zero-order valence-electron chi connectivity index (χ0n) is 15.2. The van der Waals surface area contributed by atoms with E-state index in [2.05, 4.69) is 27.3 Å². The number of rotatable bonds is 5. The molecule has 0 aliphatic carbocycles. The molecule has 0 aromatic carbocycles. The molecule has 4 heterocycles. The van der Waals surface area contributed by atoms with Gasteiger partial charge in [-0.05, 0) is 30.5 Å². The van der Waals surface area contributed by atoms with Crippen molar-refractivity contribution in [3.05, 3.63) is 23.4 Å². The van der Waals surface area contributed by atoms with E-state index in [1.807, 2.05) is 22.4 Å². The Labute approximate surface area is 175 Å². The van der Waals surface area contributed by atoms with Gasteiger partial charge in [0.2, 0.25) is 17.6 Å². The molecule has 150 valence electrons. The van der Waals surface area contributed by atoms with Gasteiger partial charge in [0.05, 0.1) is 11.4 Å². The van der Waals surface area contributed by atoms with Gasteiger partial charge < -0.3 is 14.7 Å². The smallest absolute Gasteiger partial charge is 0.241 e. The molecule has 1 amide bonds. The molecule has 2 saturated heterocycles. The third kappa shape index (κ3) is 5.00. The lowest BCUT2D eigenvalue weighted by molar-refractivity contribution is -0.139. The van der Waals surface area contributed by atoms with Crippen LogP contribution in [0.5, 0.6) is 0 Å². The SMILES string of the molecule is CC(C(=O)N1CCN(Cc2nc(-c3cccs3)no2)CC1)C1CNC1.Cl.Cl. The topological polar surface area (TPSA) is 74.5 Å². The predicted molar refractivity (Wildman–Crippen MR) is 109 cm³/mol. The van der Waals surface area contributed by atoms with E-state index in [1.165, 1.54) is 0 Å². The first-order valence-electron chi connectivity index (χ1n) is 8.79. The summed E-state index contributed by atoms with van der Waals surface area (Å²) >= 11 is 1.60. The summed E-state index contributed by atoms with van der Waals surface area (Å²) in [4.78, 5) is 22.3. The van der Waals surface area contributed by atoms with E-state index in [9.17, 15) is 4.79 Å². The number of thiophene rings is 1. The van der Waals surface area contributed by atoms with Gasteiger partial charge in [0, 0.05) is 32.1 Å². The molecule has 2 fully saturated rings. The van der Waals surface area contributed by atoms with Crippen LogP contribution in [0.1, 0.15) is 12.8 Å². The van der Waals surface area contributed by atoms with Gasteiger partial charge in [0.15, 0.2) is 0 Å². The quantitative estimate of drug-likeness (QED) is 0.778. The number of amides is 1. The highest BCUT2D eigenvalue weighted by atomic mass is 35.5. The number of aromatic nitrogens is 2. The van der Waals surface area contributed by atoms with Crippen molar-refractivity contribution < 1.29 is 9.32 Å². The first-order valence-corrected chi connectivity index (χ1v) is 9.67. The molecule has 1 N–H and O–H groups in total. The third-order valence-corrected chi connectivity index (χ3v) is 6.03. The van der Waals surface area contributed by atoms with Crippen LogP contribution in [0.3, 0.4) is 0 Å². The minimum atomic E-state index is 0. The van der Waals surface area contributed by atoms with Gasteiger partial charge >= 0.3 is 0 Å². The van der Waals surface area contributed by atoms with E-state index in [0.717, 1.165) is 44.1 Å². The number of carbonyl (C=O) groups is 1. The van der Waals surface area contributed by atoms with Crippen LogP contribution in [0.25, 0.3) is 10.7 Å². The summed E-state index contributed by atoms with van der Waals surface area (Å²) in [5.41, 5.74) is 0. The van der Waals surface area contributed by atoms with Crippen molar-refractivity contribution in [3.8, 4) is 10.7 Å². The average Bonchev–Trinajstić information content (AvgIpc) is 3.24. The number of carbonyl (C=O) groups excluding carboxylic acids is 1. The largest absolute Gasteiger partial charge is 0.340 e. The Hall–Kier alpha value is -1.19. The van der Waals surface area contributed by atoms with E-state index in [1.54, 1.807) is 11.3 Å². The second-order valence-electron chi connectivity index (χ2n) is 6.80. The van der Waals surface area contributed by atoms with Gasteiger partial charge in [0.1, 0.15) is 0 Å². The molecule has 27 heavy (non-hydrogen) atoms. The van der Waals surface area contributed by atoms with Crippen molar-refractivity contribution in [1.29, 1.82) is 0 Å². The standard InChI is InChI=1S/C17H23N5O2S.2ClH/c1-12(13-9-18-10-13)17(23)22-6-4-21(5-7-22)11-15-19-16(20-24-15)14-3-2-8-25-14;;/h2-3,8,12-13,18H,4-7,9-11H2,1H3;2*1H. The first kappa shape index (κ1) is 22.1. The molecule has 2 aromatic rings. The summed E-state index contributed by atoms with van der Waals surface area (Å²) in [5.74, 6) is 2.21. The molecule has 0 spiro atoms. The molecule has 2 aromatic heterocycles. The van der Waals surface area contributed by atoms with E-state index < -0.39 is 0 Å². The fourth-order valence-corrected chi connectivity index (χ4v) is 3.95. The summed E-state index contributed by atoms with van der Waals surface area (Å²) in [6.07, 6.45) is 0. The van der Waals surface area contributed by atoms with Gasteiger partial charge in [-0.2, -0.15) is 4.98 Å². The highest BCUT2D eigenvalue weighted by molar-refractivity contribution is 7.13. The summed E-state index contributed by atoms with van der Waals surface area (Å²) in [6.45, 7) is 7.88. The second kappa shape index (κ2) is 9.84. The van der Waals surface area contributed by atoms with Gasteiger partial charge in [-0.15, -0.1) is 36.2 Å². The molecule has 1 atom stereocenters. The van der Waals surface area contributed by atoms with E-state index in [0.29, 0.717) is 30.1 Å². The zero-order valence-corrected chi connectivity index (χ0v) is 17.6. The van der Waals surface area contributed by atoms with Crippen molar-refractivity contribution in [2.24, 2.45) is 11.8 Å². The molecule has 0 bridgehead atoms. The van der Waals surface area contributed by atoms with Crippen molar-refractivity contribution in [1.82, 2.24) is 25.3 Å². The minimum Gasteiger partial charge on any atom is -0.340 e. The van der Waals surface area contributed by atoms with Gasteiger partial charge in [-0.25, -0.2) is 0 Å². The summed E-state index contributed by atoms with van der Waals surface area (Å²) < 4.78 is 5.37. The molecule has 1 unspecified atom stereocenters. The maximum absolute atomic E-state index is 12.6. The first-order chi connectivity index (χ1) is 12.2. The maximum atomic E-state index is 12.6. The van der Waals surface area contributed by atoms with Gasteiger partial charge in [-0.1, -0.05) is 18.1 Å². The van der Waals surface area contributed by atoms with Crippen LogP contribution < -0.4 is 5.32 Å². The van der Waals surface area contributed by atoms with E-state index in [-0.39, 0.29) is 30.7 Å². The van der Waals surface area contributed by atoms with Crippen LogP contribution in [0, 0.1) is 11.8 Å². The molecular weight excluding hydrogens is 409 g/mol. The highest BCUT2D eigenvalue weighted by Crippen LogP contribution is 2.22. The molecular formula is C17H25Cl2N5O2S. The molecule has 0 saturated carbocycles. The minimum absolute atomic E-state index is 0. The highest BCUT2D eigenvalue weighted by Gasteiger charge is 2.33. The lowest BCUT2D eigenvalue weighted by atomic mass is 9.88. The summed E-state index contributed by atoms with van der Waals surface area (Å²) in [7, 11) is 0. The lowest BCUT2D eigenvalue weighted by Crippen LogP contribution is -2.54. The number of halogens is 2. The summed E-state index contributed by atoms with van der Waals surface area (Å²) in [6, 6.07) is 3.97. The number of hydrogen-bond acceptors (Lipinski definition) is 7. The Morgan fingerprint density at radius 3 is 2.67 bits per heavy atom. The van der Waals surface area contributed by atoms with Crippen LogP contribution in [0.4, 0.5) is 0 Å². The number of nitrogens with zero attached hydrogens (tertiary/aromatic N) is 4. The Morgan fingerprint density at radius 1 is 1.33 bits per heavy atom. The van der Waals surface area contributed by atoms with Crippen molar-refractivity contribution in [3.63, 3.8) is 0 Å². The molecule has 0 radical (unpaired) electrons. The number of nitrogens with one attached hydrogen (secondary N) is 1. The lowest BCUT2D eigenvalue weighted by Gasteiger charge is -2.38. The fourth-order valence-electron chi connectivity index (χ4n) is 3.30. The number of hydrogen-bond donors (Lipinski definition) is 1. The summed E-state index contributed by atoms with van der Waals surface area (Å²) in [5, 5.41) is 9.30. The van der Waals surface area contributed by atoms with Gasteiger partial charge in [-0.3, -0.25) is 9.69 Å². The molecule has 10 heteroatoms. The Morgan fingerprint density at radius 2 is 2.07 bits per heavy atom. The Balaban J connectivity index is 0.00000131. The molecule has 7 nitrogen and oxygen atoms in total. The molecule has 2 aliphatic rings. The molecule has 2 aliphatic heterocycles. The Bertz CT molecular complexity index is 715. The van der Waals surface area contributed by atoms with Crippen molar-refractivity contribution in [2.45, 2.75) is 13.5 Å². The van der Waals surface area contributed by atoms with Crippen LogP contribution in [-0.2, 0) is 11.3 Å². The van der Waals surface area contributed by atoms with Gasteiger partial charge in [0.25, 0.3) is 0 Å². The van der Waals surface area contributed by atoms with Crippen molar-refractivity contribution in [2.75, 3.05) is 39.3 Å².